The van der Waals surface area contributed by atoms with Gasteiger partial charge in [-0.3, -0.25) is 4.90 Å². The highest BCUT2D eigenvalue weighted by Gasteiger charge is 2.33. The van der Waals surface area contributed by atoms with E-state index in [1.165, 1.54) is 15.4 Å². The number of nitrogens with one attached hydrogen (secondary N) is 1. The third kappa shape index (κ3) is 3.90. The monoisotopic (exact) mass is 365 g/mol. The molecule has 0 amide bonds. The van der Waals surface area contributed by atoms with Gasteiger partial charge in [-0.25, -0.2) is 0 Å². The van der Waals surface area contributed by atoms with Crippen molar-refractivity contribution in [2.75, 3.05) is 39.4 Å². The Balaban J connectivity index is 1.37. The van der Waals surface area contributed by atoms with Crippen LogP contribution in [-0.2, 0) is 27.8 Å². The molecule has 2 aliphatic heterocycles. The molecule has 7 heteroatoms. The van der Waals surface area contributed by atoms with Gasteiger partial charge >= 0.3 is 0 Å². The van der Waals surface area contributed by atoms with Crippen molar-refractivity contribution >= 4 is 10.2 Å². The van der Waals surface area contributed by atoms with Crippen molar-refractivity contribution in [3.05, 3.63) is 35.4 Å². The smallest absolute Gasteiger partial charge is 0.279 e. The van der Waals surface area contributed by atoms with Gasteiger partial charge in [-0.1, -0.05) is 24.3 Å². The molecular formula is C18H27N3O3S. The molecule has 2 saturated heterocycles. The van der Waals surface area contributed by atoms with Gasteiger partial charge in [0.15, 0.2) is 0 Å². The molecule has 1 atom stereocenters. The number of piperidine rings is 1. The predicted molar refractivity (Wildman–Crippen MR) is 96.7 cm³/mol. The number of hydrogen-bond acceptors (Lipinski definition) is 4. The van der Waals surface area contributed by atoms with E-state index in [1.807, 2.05) is 0 Å². The van der Waals surface area contributed by atoms with Crippen molar-refractivity contribution in [2.45, 2.75) is 37.8 Å². The van der Waals surface area contributed by atoms with Crippen LogP contribution < -0.4 is 4.72 Å². The highest BCUT2D eigenvalue weighted by atomic mass is 32.2. The van der Waals surface area contributed by atoms with Crippen LogP contribution in [0, 0.1) is 0 Å². The first-order valence-corrected chi connectivity index (χ1v) is 10.7. The van der Waals surface area contributed by atoms with Crippen LogP contribution in [0.2, 0.25) is 0 Å². The number of fused-ring (bicyclic) bond motifs is 1. The van der Waals surface area contributed by atoms with E-state index < -0.39 is 10.2 Å². The minimum atomic E-state index is -3.41. The zero-order chi connectivity index (χ0) is 17.3. The van der Waals surface area contributed by atoms with E-state index in [2.05, 4.69) is 33.9 Å². The first kappa shape index (κ1) is 17.4. The fourth-order valence-electron chi connectivity index (χ4n) is 4.30. The van der Waals surface area contributed by atoms with E-state index in [1.54, 1.807) is 0 Å². The molecule has 138 valence electrons. The molecule has 1 unspecified atom stereocenters. The van der Waals surface area contributed by atoms with Crippen molar-refractivity contribution in [3.8, 4) is 0 Å². The molecule has 3 aliphatic rings. The lowest BCUT2D eigenvalue weighted by Gasteiger charge is -2.38. The van der Waals surface area contributed by atoms with Crippen LogP contribution in [0.4, 0.5) is 0 Å². The molecule has 4 rings (SSSR count). The fraction of sp³-hybridized carbons (Fsp3) is 0.667. The van der Waals surface area contributed by atoms with E-state index >= 15 is 0 Å². The Morgan fingerprint density at radius 3 is 2.40 bits per heavy atom. The maximum atomic E-state index is 12.6. The van der Waals surface area contributed by atoms with Gasteiger partial charge in [-0.2, -0.15) is 17.4 Å². The Kier molecular flexibility index (Phi) is 5.11. The molecule has 1 aromatic rings. The lowest BCUT2D eigenvalue weighted by Crippen LogP contribution is -2.55. The van der Waals surface area contributed by atoms with E-state index in [-0.39, 0.29) is 6.04 Å². The summed E-state index contributed by atoms with van der Waals surface area (Å²) in [5.74, 6) is 0. The van der Waals surface area contributed by atoms with Gasteiger partial charge < -0.3 is 4.74 Å². The van der Waals surface area contributed by atoms with Gasteiger partial charge in [0.25, 0.3) is 10.2 Å². The molecule has 6 nitrogen and oxygen atoms in total. The molecule has 1 N–H and O–H groups in total. The summed E-state index contributed by atoms with van der Waals surface area (Å²) in [5.41, 5.74) is 2.90. The van der Waals surface area contributed by atoms with Crippen molar-refractivity contribution in [2.24, 2.45) is 0 Å². The summed E-state index contributed by atoms with van der Waals surface area (Å²) in [4.78, 5) is 2.48. The first-order valence-electron chi connectivity index (χ1n) is 9.28. The molecule has 2 fully saturated rings. The summed E-state index contributed by atoms with van der Waals surface area (Å²) < 4.78 is 34.9. The van der Waals surface area contributed by atoms with Crippen LogP contribution in [0.3, 0.4) is 0 Å². The van der Waals surface area contributed by atoms with Gasteiger partial charge in [0.1, 0.15) is 0 Å². The average molecular weight is 365 g/mol. The average Bonchev–Trinajstić information content (AvgIpc) is 3.07. The number of likely N-dealkylation sites (tertiary alicyclic amines) is 1. The second kappa shape index (κ2) is 7.32. The largest absolute Gasteiger partial charge is 0.379 e. The number of ether oxygens (including phenoxy) is 1. The third-order valence-corrected chi connectivity index (χ3v) is 7.30. The van der Waals surface area contributed by atoms with Crippen molar-refractivity contribution in [1.29, 1.82) is 0 Å². The van der Waals surface area contributed by atoms with Gasteiger partial charge in [-0.05, 0) is 43.4 Å². The molecule has 0 spiro atoms. The fourth-order valence-corrected chi connectivity index (χ4v) is 5.69. The minimum absolute atomic E-state index is 0.00491. The molecule has 25 heavy (non-hydrogen) atoms. The van der Waals surface area contributed by atoms with Crippen LogP contribution in [0.5, 0.6) is 0 Å². The van der Waals surface area contributed by atoms with E-state index in [9.17, 15) is 8.42 Å². The van der Waals surface area contributed by atoms with Gasteiger partial charge in [0.05, 0.1) is 13.2 Å². The maximum Gasteiger partial charge on any atom is 0.279 e. The molecule has 0 saturated carbocycles. The Morgan fingerprint density at radius 2 is 1.72 bits per heavy atom. The number of nitrogens with zero attached hydrogens (tertiary/aromatic N) is 2. The van der Waals surface area contributed by atoms with Crippen molar-refractivity contribution < 1.29 is 13.2 Å². The number of benzene rings is 1. The summed E-state index contributed by atoms with van der Waals surface area (Å²) in [5, 5.41) is 0. The molecular weight excluding hydrogens is 338 g/mol. The normalized spacial score (nSPS) is 26.6. The molecule has 1 aliphatic carbocycles. The van der Waals surface area contributed by atoms with Gasteiger partial charge in [0.2, 0.25) is 0 Å². The topological polar surface area (TPSA) is 61.9 Å². The standard InChI is InChI=1S/C18H27N3O3S/c22-25(23,21-8-10-24-11-9-21)19-17-6-3-7-20(14-17)18-12-15-4-1-2-5-16(15)13-18/h1-2,4-5,17-19H,3,6-14H2. The van der Waals surface area contributed by atoms with Crippen molar-refractivity contribution in [3.63, 3.8) is 0 Å². The highest BCUT2D eigenvalue weighted by molar-refractivity contribution is 7.87. The molecule has 0 aromatic heterocycles. The number of morpholine rings is 1. The van der Waals surface area contributed by atoms with Gasteiger partial charge in [-0.15, -0.1) is 0 Å². The Bertz CT molecular complexity index is 678. The quantitative estimate of drug-likeness (QED) is 0.857. The zero-order valence-corrected chi connectivity index (χ0v) is 15.4. The number of rotatable bonds is 4. The molecule has 0 bridgehead atoms. The van der Waals surface area contributed by atoms with Crippen LogP contribution in [0.25, 0.3) is 0 Å². The maximum absolute atomic E-state index is 12.6. The lowest BCUT2D eigenvalue weighted by molar-refractivity contribution is 0.0717. The van der Waals surface area contributed by atoms with Crippen molar-refractivity contribution in [1.82, 2.24) is 13.9 Å². The summed E-state index contributed by atoms with van der Waals surface area (Å²) in [7, 11) is -3.41. The highest BCUT2D eigenvalue weighted by Crippen LogP contribution is 2.27. The summed E-state index contributed by atoms with van der Waals surface area (Å²) in [6, 6.07) is 9.17. The van der Waals surface area contributed by atoms with E-state index in [4.69, 9.17) is 4.74 Å². The molecule has 2 heterocycles. The molecule has 0 radical (unpaired) electrons. The van der Waals surface area contributed by atoms with Gasteiger partial charge in [0, 0.05) is 31.7 Å². The Hall–Kier alpha value is -0.990. The Labute approximate surface area is 150 Å². The zero-order valence-electron chi connectivity index (χ0n) is 14.6. The van der Waals surface area contributed by atoms with E-state index in [0.717, 1.165) is 38.8 Å². The van der Waals surface area contributed by atoms with Crippen LogP contribution in [-0.4, -0.2) is 69.1 Å². The minimum Gasteiger partial charge on any atom is -0.379 e. The predicted octanol–water partition coefficient (Wildman–Crippen LogP) is 0.785. The van der Waals surface area contributed by atoms with Crippen LogP contribution in [0.15, 0.2) is 24.3 Å². The Morgan fingerprint density at radius 1 is 1.04 bits per heavy atom. The second-order valence-electron chi connectivity index (χ2n) is 7.30. The summed E-state index contributed by atoms with van der Waals surface area (Å²) >= 11 is 0. The number of hydrogen-bond donors (Lipinski definition) is 1. The van der Waals surface area contributed by atoms with Crippen LogP contribution in [0.1, 0.15) is 24.0 Å². The summed E-state index contributed by atoms with van der Waals surface area (Å²) in [6.07, 6.45) is 4.13. The molecule has 1 aromatic carbocycles. The summed E-state index contributed by atoms with van der Waals surface area (Å²) in [6.45, 7) is 3.74. The SMILES string of the molecule is O=S(=O)(NC1CCCN(C2Cc3ccccc3C2)C1)N1CCOCC1. The first-order chi connectivity index (χ1) is 12.1. The van der Waals surface area contributed by atoms with E-state index in [0.29, 0.717) is 32.3 Å². The lowest BCUT2D eigenvalue weighted by atomic mass is 10.0. The third-order valence-electron chi connectivity index (χ3n) is 5.62. The van der Waals surface area contributed by atoms with Crippen LogP contribution >= 0.6 is 0 Å². The second-order valence-corrected chi connectivity index (χ2v) is 9.00.